The molecule has 3 nitrogen and oxygen atoms in total. The summed E-state index contributed by atoms with van der Waals surface area (Å²) < 4.78 is 10.8. The number of hydrogen-bond donors (Lipinski definition) is 0. The Labute approximate surface area is 130 Å². The van der Waals surface area contributed by atoms with E-state index in [2.05, 4.69) is 13.0 Å². The number of fused-ring (bicyclic) bond motifs is 1. The van der Waals surface area contributed by atoms with Crippen LogP contribution in [-0.2, 0) is 0 Å². The summed E-state index contributed by atoms with van der Waals surface area (Å²) in [7, 11) is 1.67. The van der Waals surface area contributed by atoms with Crippen molar-refractivity contribution in [3.8, 4) is 22.8 Å². The van der Waals surface area contributed by atoms with Crippen LogP contribution in [0.4, 0.5) is 0 Å². The van der Waals surface area contributed by atoms with Crippen LogP contribution in [0.1, 0.15) is 13.3 Å². The monoisotopic (exact) mass is 293 g/mol. The molecule has 1 aromatic heterocycles. The maximum Gasteiger partial charge on any atom is 0.119 e. The first-order chi connectivity index (χ1) is 10.8. The molecule has 0 N–H and O–H groups in total. The van der Waals surface area contributed by atoms with E-state index in [1.54, 1.807) is 7.11 Å². The normalized spacial score (nSPS) is 10.6. The molecule has 0 amide bonds. The number of rotatable bonds is 5. The molecule has 2 aromatic carbocycles. The molecule has 22 heavy (non-hydrogen) atoms. The molecule has 0 fully saturated rings. The van der Waals surface area contributed by atoms with Crippen molar-refractivity contribution in [2.75, 3.05) is 13.7 Å². The molecular formula is C19H19NO2. The quantitative estimate of drug-likeness (QED) is 0.683. The topological polar surface area (TPSA) is 31.4 Å². The number of hydrogen-bond acceptors (Lipinski definition) is 3. The first-order valence-electron chi connectivity index (χ1n) is 7.48. The van der Waals surface area contributed by atoms with Gasteiger partial charge in [-0.25, -0.2) is 4.98 Å². The van der Waals surface area contributed by atoms with E-state index in [1.807, 2.05) is 48.5 Å². The van der Waals surface area contributed by atoms with E-state index in [1.165, 1.54) is 0 Å². The number of aromatic nitrogens is 1. The molecule has 0 atom stereocenters. The average molecular weight is 293 g/mol. The molecule has 0 radical (unpaired) electrons. The fourth-order valence-electron chi connectivity index (χ4n) is 2.33. The Morgan fingerprint density at radius 2 is 1.68 bits per heavy atom. The van der Waals surface area contributed by atoms with Crippen molar-refractivity contribution in [3.05, 3.63) is 54.6 Å². The third-order valence-electron chi connectivity index (χ3n) is 3.52. The second kappa shape index (κ2) is 6.48. The second-order valence-electron chi connectivity index (χ2n) is 5.13. The Morgan fingerprint density at radius 3 is 2.41 bits per heavy atom. The van der Waals surface area contributed by atoms with Crippen molar-refractivity contribution in [2.45, 2.75) is 13.3 Å². The van der Waals surface area contributed by atoms with Crippen molar-refractivity contribution in [1.29, 1.82) is 0 Å². The summed E-state index contributed by atoms with van der Waals surface area (Å²) in [5.41, 5.74) is 3.01. The lowest BCUT2D eigenvalue weighted by Crippen LogP contribution is -1.94. The van der Waals surface area contributed by atoms with Gasteiger partial charge in [0.05, 0.1) is 24.9 Å². The third kappa shape index (κ3) is 3.03. The van der Waals surface area contributed by atoms with Gasteiger partial charge in [0.1, 0.15) is 11.5 Å². The maximum atomic E-state index is 5.61. The second-order valence-corrected chi connectivity index (χ2v) is 5.13. The first-order valence-corrected chi connectivity index (χ1v) is 7.48. The highest BCUT2D eigenvalue weighted by Gasteiger charge is 2.03. The fraction of sp³-hybridized carbons (Fsp3) is 0.211. The predicted molar refractivity (Wildman–Crippen MR) is 89.5 cm³/mol. The van der Waals surface area contributed by atoms with Crippen LogP contribution in [0, 0.1) is 0 Å². The Kier molecular flexibility index (Phi) is 4.24. The van der Waals surface area contributed by atoms with Gasteiger partial charge in [-0.2, -0.15) is 0 Å². The summed E-state index contributed by atoms with van der Waals surface area (Å²) in [6, 6.07) is 18.1. The largest absolute Gasteiger partial charge is 0.497 e. The molecule has 0 aliphatic heterocycles. The third-order valence-corrected chi connectivity index (χ3v) is 3.52. The van der Waals surface area contributed by atoms with Crippen LogP contribution in [0.25, 0.3) is 22.2 Å². The molecule has 3 heteroatoms. The van der Waals surface area contributed by atoms with E-state index >= 15 is 0 Å². The van der Waals surface area contributed by atoms with E-state index in [0.29, 0.717) is 0 Å². The minimum absolute atomic E-state index is 0.745. The van der Waals surface area contributed by atoms with Crippen LogP contribution in [0.15, 0.2) is 54.6 Å². The van der Waals surface area contributed by atoms with Crippen LogP contribution in [0.2, 0.25) is 0 Å². The predicted octanol–water partition coefficient (Wildman–Crippen LogP) is 4.70. The number of pyridine rings is 1. The van der Waals surface area contributed by atoms with Gasteiger partial charge in [0.2, 0.25) is 0 Å². The minimum Gasteiger partial charge on any atom is -0.497 e. The summed E-state index contributed by atoms with van der Waals surface area (Å²) in [6.45, 7) is 2.85. The molecular weight excluding hydrogens is 274 g/mol. The van der Waals surface area contributed by atoms with Gasteiger partial charge in [-0.3, -0.25) is 0 Å². The Hall–Kier alpha value is -2.55. The van der Waals surface area contributed by atoms with Crippen molar-refractivity contribution in [3.63, 3.8) is 0 Å². The number of ether oxygens (including phenoxy) is 2. The lowest BCUT2D eigenvalue weighted by molar-refractivity contribution is 0.317. The molecule has 1 heterocycles. The molecule has 3 rings (SSSR count). The highest BCUT2D eigenvalue weighted by Crippen LogP contribution is 2.25. The molecule has 3 aromatic rings. The number of methoxy groups -OCH3 is 1. The van der Waals surface area contributed by atoms with Gasteiger partial charge in [0.25, 0.3) is 0 Å². The fourth-order valence-corrected chi connectivity index (χ4v) is 2.33. The molecule has 112 valence electrons. The zero-order chi connectivity index (χ0) is 15.4. The van der Waals surface area contributed by atoms with Gasteiger partial charge in [0, 0.05) is 10.9 Å². The maximum absolute atomic E-state index is 5.61. The Bertz CT molecular complexity index is 766. The van der Waals surface area contributed by atoms with Gasteiger partial charge in [-0.1, -0.05) is 13.0 Å². The highest BCUT2D eigenvalue weighted by molar-refractivity contribution is 5.82. The van der Waals surface area contributed by atoms with Gasteiger partial charge in [-0.05, 0) is 55.0 Å². The summed E-state index contributed by atoms with van der Waals surface area (Å²) >= 11 is 0. The van der Waals surface area contributed by atoms with E-state index in [-0.39, 0.29) is 0 Å². The lowest BCUT2D eigenvalue weighted by atomic mass is 10.1. The molecule has 0 spiro atoms. The lowest BCUT2D eigenvalue weighted by Gasteiger charge is -2.07. The van der Waals surface area contributed by atoms with E-state index in [0.717, 1.165) is 46.7 Å². The van der Waals surface area contributed by atoms with E-state index in [9.17, 15) is 0 Å². The summed E-state index contributed by atoms with van der Waals surface area (Å²) in [4.78, 5) is 4.72. The summed E-state index contributed by atoms with van der Waals surface area (Å²) in [5.74, 6) is 1.75. The standard InChI is InChI=1S/C19H19NO2/c1-3-12-22-16-7-4-14(5-8-16)18-10-6-15-13-17(21-2)9-11-19(15)20-18/h4-11,13H,3,12H2,1-2H3. The van der Waals surface area contributed by atoms with Gasteiger partial charge in [-0.15, -0.1) is 0 Å². The highest BCUT2D eigenvalue weighted by atomic mass is 16.5. The zero-order valence-electron chi connectivity index (χ0n) is 12.9. The Balaban J connectivity index is 1.89. The van der Waals surface area contributed by atoms with Crippen molar-refractivity contribution < 1.29 is 9.47 Å². The molecule has 0 bridgehead atoms. The van der Waals surface area contributed by atoms with E-state index < -0.39 is 0 Å². The van der Waals surface area contributed by atoms with E-state index in [4.69, 9.17) is 14.5 Å². The molecule has 0 aliphatic rings. The summed E-state index contributed by atoms with van der Waals surface area (Å²) in [6.07, 6.45) is 1.01. The number of nitrogens with zero attached hydrogens (tertiary/aromatic N) is 1. The van der Waals surface area contributed by atoms with Crippen molar-refractivity contribution in [2.24, 2.45) is 0 Å². The molecule has 0 unspecified atom stereocenters. The Morgan fingerprint density at radius 1 is 0.909 bits per heavy atom. The molecule has 0 saturated heterocycles. The molecule has 0 saturated carbocycles. The smallest absolute Gasteiger partial charge is 0.119 e. The van der Waals surface area contributed by atoms with Crippen LogP contribution in [0.3, 0.4) is 0 Å². The first kappa shape index (κ1) is 14.4. The van der Waals surface area contributed by atoms with Gasteiger partial charge in [0.15, 0.2) is 0 Å². The zero-order valence-corrected chi connectivity index (χ0v) is 12.9. The summed E-state index contributed by atoms with van der Waals surface area (Å²) in [5, 5.41) is 1.07. The van der Waals surface area contributed by atoms with Crippen LogP contribution in [-0.4, -0.2) is 18.7 Å². The average Bonchev–Trinajstić information content (AvgIpc) is 2.59. The SMILES string of the molecule is CCCOc1ccc(-c2ccc3cc(OC)ccc3n2)cc1. The van der Waals surface area contributed by atoms with Gasteiger partial charge >= 0.3 is 0 Å². The molecule has 0 aliphatic carbocycles. The minimum atomic E-state index is 0.745. The van der Waals surface area contributed by atoms with Crippen LogP contribution in [0.5, 0.6) is 11.5 Å². The van der Waals surface area contributed by atoms with Gasteiger partial charge < -0.3 is 9.47 Å². The van der Waals surface area contributed by atoms with Crippen molar-refractivity contribution >= 4 is 10.9 Å². The van der Waals surface area contributed by atoms with Crippen LogP contribution >= 0.6 is 0 Å². The van der Waals surface area contributed by atoms with Crippen molar-refractivity contribution in [1.82, 2.24) is 4.98 Å². The van der Waals surface area contributed by atoms with Crippen LogP contribution < -0.4 is 9.47 Å². The number of benzene rings is 2.